The van der Waals surface area contributed by atoms with Gasteiger partial charge in [-0.25, -0.2) is 8.42 Å². The summed E-state index contributed by atoms with van der Waals surface area (Å²) in [5.41, 5.74) is 2.28. The van der Waals surface area contributed by atoms with Crippen LogP contribution in [0.25, 0.3) is 0 Å². The van der Waals surface area contributed by atoms with E-state index in [2.05, 4.69) is 21.2 Å². The van der Waals surface area contributed by atoms with Crippen LogP contribution >= 0.6 is 15.9 Å². The van der Waals surface area contributed by atoms with Crippen LogP contribution in [0.3, 0.4) is 0 Å². The molecule has 37 heavy (non-hydrogen) atoms. The van der Waals surface area contributed by atoms with Crippen molar-refractivity contribution in [3.8, 4) is 0 Å². The molecule has 0 fully saturated rings. The molecule has 2 amide bonds. The van der Waals surface area contributed by atoms with Gasteiger partial charge in [0.2, 0.25) is 11.8 Å². The van der Waals surface area contributed by atoms with Crippen molar-refractivity contribution < 1.29 is 18.0 Å². The Morgan fingerprint density at radius 3 is 2.27 bits per heavy atom. The highest BCUT2D eigenvalue weighted by Crippen LogP contribution is 2.27. The van der Waals surface area contributed by atoms with E-state index in [1.807, 2.05) is 44.2 Å². The molecule has 0 bridgehead atoms. The van der Waals surface area contributed by atoms with Crippen molar-refractivity contribution in [3.05, 3.63) is 94.5 Å². The zero-order valence-electron chi connectivity index (χ0n) is 21.2. The van der Waals surface area contributed by atoms with Gasteiger partial charge in [-0.15, -0.1) is 0 Å². The Hall–Kier alpha value is -3.17. The number of carbonyl (C=O) groups excluding carboxylic acids is 2. The van der Waals surface area contributed by atoms with Crippen LogP contribution in [-0.2, 0) is 26.0 Å². The van der Waals surface area contributed by atoms with E-state index in [-0.39, 0.29) is 17.3 Å². The van der Waals surface area contributed by atoms with E-state index >= 15 is 0 Å². The molecule has 196 valence electrons. The monoisotopic (exact) mass is 585 g/mol. The smallest absolute Gasteiger partial charge is 0.264 e. The highest BCUT2D eigenvalue weighted by Gasteiger charge is 2.32. The number of hydrogen-bond acceptors (Lipinski definition) is 4. The molecule has 0 saturated heterocycles. The molecule has 0 aliphatic rings. The zero-order valence-corrected chi connectivity index (χ0v) is 23.6. The fourth-order valence-corrected chi connectivity index (χ4v) is 5.68. The van der Waals surface area contributed by atoms with Gasteiger partial charge >= 0.3 is 0 Å². The lowest BCUT2D eigenvalue weighted by Crippen LogP contribution is -2.52. The van der Waals surface area contributed by atoms with Gasteiger partial charge in [-0.3, -0.25) is 13.9 Å². The van der Waals surface area contributed by atoms with Gasteiger partial charge in [0, 0.05) is 17.6 Å². The van der Waals surface area contributed by atoms with Gasteiger partial charge in [0.25, 0.3) is 10.0 Å². The summed E-state index contributed by atoms with van der Waals surface area (Å²) in [5, 5.41) is 2.76. The number of anilines is 1. The molecule has 3 aromatic rings. The normalized spacial score (nSPS) is 12.0. The quantitative estimate of drug-likeness (QED) is 0.357. The summed E-state index contributed by atoms with van der Waals surface area (Å²) in [6.45, 7) is 5.58. The third-order valence-electron chi connectivity index (χ3n) is 5.99. The Kier molecular flexibility index (Phi) is 9.88. The minimum absolute atomic E-state index is 0.0819. The lowest BCUT2D eigenvalue weighted by molar-refractivity contribution is -0.138. The number of likely N-dealkylation sites (N-methyl/N-ethyl adjacent to an activating group) is 1. The van der Waals surface area contributed by atoms with Crippen molar-refractivity contribution in [2.75, 3.05) is 23.9 Å². The Bertz CT molecular complexity index is 1310. The summed E-state index contributed by atoms with van der Waals surface area (Å²) in [6.07, 6.45) is 0.526. The van der Waals surface area contributed by atoms with Crippen molar-refractivity contribution in [1.82, 2.24) is 10.2 Å². The lowest BCUT2D eigenvalue weighted by Gasteiger charge is -2.32. The second kappa shape index (κ2) is 12.9. The number of sulfonamides is 1. The lowest BCUT2D eigenvalue weighted by atomic mass is 10.1. The molecule has 1 N–H and O–H groups in total. The van der Waals surface area contributed by atoms with E-state index in [1.165, 1.54) is 17.0 Å². The fraction of sp³-hybridized carbons (Fsp3) is 0.286. The Morgan fingerprint density at radius 2 is 1.65 bits per heavy atom. The highest BCUT2D eigenvalue weighted by molar-refractivity contribution is 9.10. The molecular weight excluding hydrogens is 554 g/mol. The first kappa shape index (κ1) is 28.4. The van der Waals surface area contributed by atoms with Gasteiger partial charge in [0.15, 0.2) is 0 Å². The van der Waals surface area contributed by atoms with Gasteiger partial charge in [0.1, 0.15) is 12.6 Å². The average molecular weight is 587 g/mol. The van der Waals surface area contributed by atoms with E-state index in [9.17, 15) is 18.0 Å². The summed E-state index contributed by atoms with van der Waals surface area (Å²) < 4.78 is 29.3. The van der Waals surface area contributed by atoms with Crippen molar-refractivity contribution in [2.24, 2.45) is 0 Å². The molecule has 1 unspecified atom stereocenters. The number of benzene rings is 3. The van der Waals surface area contributed by atoms with E-state index < -0.39 is 28.5 Å². The third kappa shape index (κ3) is 7.42. The maximum atomic E-state index is 13.8. The Labute approximate surface area is 227 Å². The first-order valence-electron chi connectivity index (χ1n) is 12.1. The van der Waals surface area contributed by atoms with E-state index in [1.54, 1.807) is 43.3 Å². The van der Waals surface area contributed by atoms with Gasteiger partial charge in [-0.2, -0.15) is 0 Å². The number of nitrogens with zero attached hydrogens (tertiary/aromatic N) is 2. The number of rotatable bonds is 11. The summed E-state index contributed by atoms with van der Waals surface area (Å²) in [7, 11) is -4.08. The van der Waals surface area contributed by atoms with Crippen LogP contribution in [0, 0.1) is 6.92 Å². The molecule has 0 heterocycles. The first-order chi connectivity index (χ1) is 17.6. The second-order valence-corrected chi connectivity index (χ2v) is 11.5. The minimum atomic E-state index is -4.08. The SMILES string of the molecule is CCNC(=O)C(C)N(CCc1ccccc1)C(=O)CN(c1cccc(Br)c1)S(=O)(=O)c1ccc(C)cc1. The van der Waals surface area contributed by atoms with Crippen LogP contribution in [0.4, 0.5) is 5.69 Å². The number of amides is 2. The standard InChI is InChI=1S/C28H32BrN3O4S/c1-4-30-28(34)22(3)31(18-17-23-9-6-5-7-10-23)27(33)20-32(25-12-8-11-24(29)19-25)37(35,36)26-15-13-21(2)14-16-26/h5-16,19,22H,4,17-18,20H2,1-3H3,(H,30,34). The van der Waals surface area contributed by atoms with Crippen molar-refractivity contribution >= 4 is 43.5 Å². The van der Waals surface area contributed by atoms with Crippen molar-refractivity contribution in [3.63, 3.8) is 0 Å². The van der Waals surface area contributed by atoms with E-state index in [0.29, 0.717) is 23.1 Å². The molecular formula is C28H32BrN3O4S. The van der Waals surface area contributed by atoms with Crippen LogP contribution in [0.2, 0.25) is 0 Å². The molecule has 0 radical (unpaired) electrons. The van der Waals surface area contributed by atoms with Crippen molar-refractivity contribution in [1.29, 1.82) is 0 Å². The second-order valence-electron chi connectivity index (χ2n) is 8.70. The molecule has 3 rings (SSSR count). The first-order valence-corrected chi connectivity index (χ1v) is 14.3. The minimum Gasteiger partial charge on any atom is -0.355 e. The maximum Gasteiger partial charge on any atom is 0.264 e. The van der Waals surface area contributed by atoms with Gasteiger partial charge in [-0.1, -0.05) is 70.0 Å². The third-order valence-corrected chi connectivity index (χ3v) is 8.27. The summed E-state index contributed by atoms with van der Waals surface area (Å²) in [6, 6.07) is 22.2. The van der Waals surface area contributed by atoms with E-state index in [0.717, 1.165) is 15.4 Å². The largest absolute Gasteiger partial charge is 0.355 e. The zero-order chi connectivity index (χ0) is 27.0. The molecule has 1 atom stereocenters. The van der Waals surface area contributed by atoms with Crippen molar-refractivity contribution in [2.45, 2.75) is 38.1 Å². The van der Waals surface area contributed by atoms with E-state index in [4.69, 9.17) is 0 Å². The molecule has 0 aliphatic heterocycles. The fourth-order valence-electron chi connectivity index (χ4n) is 3.89. The Balaban J connectivity index is 1.97. The van der Waals surface area contributed by atoms with Gasteiger partial charge in [-0.05, 0) is 63.1 Å². The van der Waals surface area contributed by atoms with Crippen LogP contribution < -0.4 is 9.62 Å². The summed E-state index contributed by atoms with van der Waals surface area (Å²) in [4.78, 5) is 28.0. The number of carbonyl (C=O) groups is 2. The predicted molar refractivity (Wildman–Crippen MR) is 150 cm³/mol. The summed E-state index contributed by atoms with van der Waals surface area (Å²) >= 11 is 3.40. The molecule has 9 heteroatoms. The van der Waals surface area contributed by atoms with Gasteiger partial charge in [0.05, 0.1) is 10.6 Å². The number of hydrogen-bond donors (Lipinski definition) is 1. The van der Waals surface area contributed by atoms with Gasteiger partial charge < -0.3 is 10.2 Å². The summed E-state index contributed by atoms with van der Waals surface area (Å²) in [5.74, 6) is -0.760. The van der Waals surface area contributed by atoms with Crippen LogP contribution in [-0.4, -0.2) is 50.8 Å². The molecule has 0 aliphatic carbocycles. The molecule has 0 saturated carbocycles. The average Bonchev–Trinajstić information content (AvgIpc) is 2.88. The highest BCUT2D eigenvalue weighted by atomic mass is 79.9. The number of halogens is 1. The number of nitrogens with one attached hydrogen (secondary N) is 1. The van der Waals surface area contributed by atoms with Crippen LogP contribution in [0.15, 0.2) is 88.2 Å². The maximum absolute atomic E-state index is 13.8. The topological polar surface area (TPSA) is 86.8 Å². The molecule has 0 spiro atoms. The molecule has 3 aromatic carbocycles. The predicted octanol–water partition coefficient (Wildman–Crippen LogP) is 4.55. The van der Waals surface area contributed by atoms with Crippen LogP contribution in [0.1, 0.15) is 25.0 Å². The Morgan fingerprint density at radius 1 is 0.973 bits per heavy atom. The number of aryl methyl sites for hydroxylation is 1. The molecule has 7 nitrogen and oxygen atoms in total. The molecule has 0 aromatic heterocycles. The van der Waals surface area contributed by atoms with Crippen LogP contribution in [0.5, 0.6) is 0 Å².